The van der Waals surface area contributed by atoms with E-state index in [0.29, 0.717) is 0 Å². The summed E-state index contributed by atoms with van der Waals surface area (Å²) in [6, 6.07) is 33.5. The van der Waals surface area contributed by atoms with E-state index < -0.39 is 0 Å². The van der Waals surface area contributed by atoms with Crippen LogP contribution >= 0.6 is 39.3 Å². The molecular formula is C24H16BrClS. The molecule has 27 heavy (non-hydrogen) atoms. The molecule has 0 amide bonds. The molecule has 0 aliphatic carbocycles. The molecule has 132 valence electrons. The Morgan fingerprint density at radius 3 is 1.96 bits per heavy atom. The van der Waals surface area contributed by atoms with Gasteiger partial charge in [-0.05, 0) is 62.4 Å². The monoisotopic (exact) mass is 450 g/mol. The van der Waals surface area contributed by atoms with Gasteiger partial charge in [-0.15, -0.1) is 0 Å². The number of rotatable bonds is 4. The van der Waals surface area contributed by atoms with Gasteiger partial charge in [0.1, 0.15) is 0 Å². The highest BCUT2D eigenvalue weighted by Crippen LogP contribution is 2.43. The number of hydrogen-bond acceptors (Lipinski definition) is 1. The predicted octanol–water partition coefficient (Wildman–Crippen LogP) is 8.59. The molecule has 0 aliphatic rings. The smallest absolute Gasteiger partial charge is 0.0556 e. The molecule has 4 aromatic rings. The molecule has 0 spiro atoms. The largest absolute Gasteiger partial charge is 0.0867 e. The second-order valence-electron chi connectivity index (χ2n) is 6.10. The first-order valence-electron chi connectivity index (χ1n) is 8.59. The Morgan fingerprint density at radius 2 is 1.30 bits per heavy atom. The lowest BCUT2D eigenvalue weighted by molar-refractivity contribution is 1.37. The highest BCUT2D eigenvalue weighted by atomic mass is 79.9. The minimum atomic E-state index is 0.750. The normalized spacial score (nSPS) is 10.7. The van der Waals surface area contributed by atoms with Gasteiger partial charge in [-0.3, -0.25) is 0 Å². The van der Waals surface area contributed by atoms with Gasteiger partial charge in [-0.2, -0.15) is 0 Å². The maximum absolute atomic E-state index is 6.45. The Balaban J connectivity index is 1.84. The Kier molecular flexibility index (Phi) is 5.68. The lowest BCUT2D eigenvalue weighted by Gasteiger charge is -2.14. The van der Waals surface area contributed by atoms with Crippen LogP contribution in [0.25, 0.3) is 22.3 Å². The molecule has 0 heterocycles. The van der Waals surface area contributed by atoms with E-state index in [0.717, 1.165) is 14.4 Å². The fraction of sp³-hybridized carbons (Fsp3) is 0. The molecule has 0 radical (unpaired) electrons. The van der Waals surface area contributed by atoms with Gasteiger partial charge in [0.05, 0.1) is 5.02 Å². The molecule has 0 N–H and O–H groups in total. The second-order valence-corrected chi connectivity index (χ2v) is 8.41. The maximum atomic E-state index is 6.45. The number of halogens is 2. The predicted molar refractivity (Wildman–Crippen MR) is 121 cm³/mol. The van der Waals surface area contributed by atoms with Crippen molar-refractivity contribution in [3.63, 3.8) is 0 Å². The van der Waals surface area contributed by atoms with Gasteiger partial charge in [-0.25, -0.2) is 0 Å². The molecule has 4 aromatic carbocycles. The van der Waals surface area contributed by atoms with Crippen LogP contribution < -0.4 is 0 Å². The molecule has 0 bridgehead atoms. The molecule has 0 nitrogen and oxygen atoms in total. The van der Waals surface area contributed by atoms with E-state index in [1.165, 1.54) is 27.1 Å². The van der Waals surface area contributed by atoms with Crippen molar-refractivity contribution < 1.29 is 0 Å². The van der Waals surface area contributed by atoms with Gasteiger partial charge in [0.25, 0.3) is 0 Å². The van der Waals surface area contributed by atoms with Crippen LogP contribution in [-0.2, 0) is 0 Å². The van der Waals surface area contributed by atoms with E-state index >= 15 is 0 Å². The summed E-state index contributed by atoms with van der Waals surface area (Å²) in [6.07, 6.45) is 0. The fourth-order valence-corrected chi connectivity index (χ4v) is 4.95. The average molecular weight is 452 g/mol. The van der Waals surface area contributed by atoms with Crippen LogP contribution in [0.4, 0.5) is 0 Å². The molecule has 0 aromatic heterocycles. The Hall–Kier alpha value is -2.00. The van der Waals surface area contributed by atoms with Crippen LogP contribution in [0.15, 0.2) is 111 Å². The summed E-state index contributed by atoms with van der Waals surface area (Å²) in [4.78, 5) is 2.21. The van der Waals surface area contributed by atoms with Gasteiger partial charge in [0.2, 0.25) is 0 Å². The van der Waals surface area contributed by atoms with Crippen LogP contribution in [0.2, 0.25) is 5.02 Å². The third-order valence-corrected chi connectivity index (χ3v) is 6.87. The molecule has 0 atom stereocenters. The fourth-order valence-electron chi connectivity index (χ4n) is 2.96. The third kappa shape index (κ3) is 4.14. The van der Waals surface area contributed by atoms with Crippen LogP contribution in [-0.4, -0.2) is 0 Å². The zero-order valence-corrected chi connectivity index (χ0v) is 17.6. The highest BCUT2D eigenvalue weighted by molar-refractivity contribution is 9.10. The van der Waals surface area contributed by atoms with Gasteiger partial charge in [-0.1, -0.05) is 96.2 Å². The van der Waals surface area contributed by atoms with Crippen molar-refractivity contribution >= 4 is 39.3 Å². The Bertz CT molecular complexity index is 1040. The van der Waals surface area contributed by atoms with Crippen LogP contribution in [0.3, 0.4) is 0 Å². The quantitative estimate of drug-likeness (QED) is 0.299. The number of benzene rings is 4. The summed E-state index contributed by atoms with van der Waals surface area (Å²) in [5, 5.41) is 0.750. The molecule has 3 heteroatoms. The van der Waals surface area contributed by atoms with E-state index in [9.17, 15) is 0 Å². The number of hydrogen-bond donors (Lipinski definition) is 0. The van der Waals surface area contributed by atoms with Gasteiger partial charge < -0.3 is 0 Å². The zero-order valence-electron chi connectivity index (χ0n) is 14.4. The zero-order chi connectivity index (χ0) is 18.6. The van der Waals surface area contributed by atoms with Crippen molar-refractivity contribution in [2.75, 3.05) is 0 Å². The lowest BCUT2D eigenvalue weighted by atomic mass is 9.99. The van der Waals surface area contributed by atoms with Gasteiger partial charge in [0.15, 0.2) is 0 Å². The van der Waals surface area contributed by atoms with Crippen molar-refractivity contribution in [1.29, 1.82) is 0 Å². The Morgan fingerprint density at radius 1 is 0.630 bits per heavy atom. The molecule has 0 unspecified atom stereocenters. The van der Waals surface area contributed by atoms with Crippen LogP contribution in [0.5, 0.6) is 0 Å². The summed E-state index contributed by atoms with van der Waals surface area (Å²) >= 11 is 11.8. The lowest BCUT2D eigenvalue weighted by Crippen LogP contribution is -1.87. The van der Waals surface area contributed by atoms with E-state index in [1.54, 1.807) is 11.8 Å². The van der Waals surface area contributed by atoms with Crippen molar-refractivity contribution in [2.24, 2.45) is 0 Å². The maximum Gasteiger partial charge on any atom is 0.0556 e. The minimum absolute atomic E-state index is 0.750. The van der Waals surface area contributed by atoms with E-state index in [2.05, 4.69) is 82.7 Å². The molecule has 4 rings (SSSR count). The summed E-state index contributed by atoms with van der Waals surface area (Å²) in [6.45, 7) is 0. The minimum Gasteiger partial charge on any atom is -0.0867 e. The SMILES string of the molecule is Clc1cccc(Br)c1Sc1ccc(-c2ccccc2)cc1-c1ccccc1. The van der Waals surface area contributed by atoms with Crippen LogP contribution in [0.1, 0.15) is 0 Å². The first-order valence-corrected chi connectivity index (χ1v) is 10.6. The van der Waals surface area contributed by atoms with Crippen molar-refractivity contribution in [2.45, 2.75) is 9.79 Å². The molecule has 0 aliphatic heterocycles. The summed E-state index contributed by atoms with van der Waals surface area (Å²) in [5.74, 6) is 0. The summed E-state index contributed by atoms with van der Waals surface area (Å²) in [5.41, 5.74) is 4.82. The Labute approximate surface area is 177 Å². The van der Waals surface area contributed by atoms with E-state index in [4.69, 9.17) is 11.6 Å². The van der Waals surface area contributed by atoms with Crippen molar-refractivity contribution in [3.8, 4) is 22.3 Å². The molecular weight excluding hydrogens is 436 g/mol. The van der Waals surface area contributed by atoms with E-state index in [-0.39, 0.29) is 0 Å². The third-order valence-electron chi connectivity index (χ3n) is 4.30. The summed E-state index contributed by atoms with van der Waals surface area (Å²) in [7, 11) is 0. The molecule has 0 saturated carbocycles. The highest BCUT2D eigenvalue weighted by Gasteiger charge is 2.13. The first-order chi connectivity index (χ1) is 13.2. The standard InChI is InChI=1S/C24H16BrClS/c25-21-12-7-13-22(26)24(21)27-23-15-14-19(17-8-3-1-4-9-17)16-20(23)18-10-5-2-6-11-18/h1-16H. The summed E-state index contributed by atoms with van der Waals surface area (Å²) < 4.78 is 1.01. The molecule has 0 saturated heterocycles. The van der Waals surface area contributed by atoms with Crippen molar-refractivity contribution in [1.82, 2.24) is 0 Å². The average Bonchev–Trinajstić information content (AvgIpc) is 2.72. The topological polar surface area (TPSA) is 0 Å². The van der Waals surface area contributed by atoms with Gasteiger partial charge >= 0.3 is 0 Å². The second kappa shape index (κ2) is 8.35. The van der Waals surface area contributed by atoms with Gasteiger partial charge in [0, 0.05) is 14.3 Å². The van der Waals surface area contributed by atoms with Crippen LogP contribution in [0, 0.1) is 0 Å². The molecule has 0 fully saturated rings. The van der Waals surface area contributed by atoms with E-state index in [1.807, 2.05) is 30.3 Å². The first kappa shape index (κ1) is 18.4. The van der Waals surface area contributed by atoms with Crippen molar-refractivity contribution in [3.05, 3.63) is 107 Å².